The summed E-state index contributed by atoms with van der Waals surface area (Å²) in [4.78, 5) is 12.4. The third-order valence-corrected chi connectivity index (χ3v) is 5.54. The van der Waals surface area contributed by atoms with Crippen molar-refractivity contribution >= 4 is 21.6 Å². The number of carbonyl (C=O) groups excluding carboxylic acids is 1. The number of benzene rings is 2. The Kier molecular flexibility index (Phi) is 4.85. The topological polar surface area (TPSA) is 75.3 Å². The normalized spacial score (nSPS) is 15.2. The molecule has 0 spiro atoms. The van der Waals surface area contributed by atoms with Crippen molar-refractivity contribution in [1.82, 2.24) is 5.32 Å². The fourth-order valence-corrected chi connectivity index (χ4v) is 3.92. The summed E-state index contributed by atoms with van der Waals surface area (Å²) >= 11 is 0. The molecule has 0 atom stereocenters. The predicted octanol–water partition coefficient (Wildman–Crippen LogP) is 3.16. The van der Waals surface area contributed by atoms with Crippen LogP contribution in [0.25, 0.3) is 0 Å². The van der Waals surface area contributed by atoms with Crippen LogP contribution in [0.3, 0.4) is 0 Å². The summed E-state index contributed by atoms with van der Waals surface area (Å²) in [6.45, 7) is 0. The second kappa shape index (κ2) is 7.05. The lowest BCUT2D eigenvalue weighted by molar-refractivity contribution is 0.0938. The molecule has 2 N–H and O–H groups in total. The molecule has 0 aliphatic heterocycles. The van der Waals surface area contributed by atoms with Gasteiger partial charge in [-0.1, -0.05) is 31.0 Å². The van der Waals surface area contributed by atoms with Crippen molar-refractivity contribution < 1.29 is 13.2 Å². The summed E-state index contributed by atoms with van der Waals surface area (Å²) in [6, 6.07) is 14.9. The summed E-state index contributed by atoms with van der Waals surface area (Å²) in [5, 5.41) is 3.01. The molecule has 6 heteroatoms. The number of sulfonamides is 1. The Labute approximate surface area is 142 Å². The lowest BCUT2D eigenvalue weighted by Crippen LogP contribution is -2.32. The summed E-state index contributed by atoms with van der Waals surface area (Å²) < 4.78 is 27.0. The predicted molar refractivity (Wildman–Crippen MR) is 93.4 cm³/mol. The zero-order valence-corrected chi connectivity index (χ0v) is 14.1. The van der Waals surface area contributed by atoms with E-state index >= 15 is 0 Å². The van der Waals surface area contributed by atoms with Gasteiger partial charge in [-0.15, -0.1) is 0 Å². The van der Waals surface area contributed by atoms with E-state index in [0.29, 0.717) is 11.3 Å². The van der Waals surface area contributed by atoms with Crippen LogP contribution in [-0.2, 0) is 10.0 Å². The van der Waals surface area contributed by atoms with Gasteiger partial charge in [0.2, 0.25) is 0 Å². The van der Waals surface area contributed by atoms with Crippen LogP contribution in [0.4, 0.5) is 5.69 Å². The Bertz CT molecular complexity index is 796. The van der Waals surface area contributed by atoms with Gasteiger partial charge in [0.15, 0.2) is 0 Å². The van der Waals surface area contributed by atoms with Gasteiger partial charge in [-0.05, 0) is 49.2 Å². The zero-order valence-electron chi connectivity index (χ0n) is 13.2. The average Bonchev–Trinajstić information content (AvgIpc) is 3.09. The quantitative estimate of drug-likeness (QED) is 0.875. The molecular weight excluding hydrogens is 324 g/mol. The molecule has 1 amide bonds. The molecule has 1 fully saturated rings. The van der Waals surface area contributed by atoms with Crippen LogP contribution in [0.15, 0.2) is 59.5 Å². The van der Waals surface area contributed by atoms with Gasteiger partial charge < -0.3 is 5.32 Å². The molecule has 1 aliphatic carbocycles. The van der Waals surface area contributed by atoms with E-state index in [1.54, 1.807) is 42.5 Å². The minimum Gasteiger partial charge on any atom is -0.349 e. The van der Waals surface area contributed by atoms with E-state index in [0.717, 1.165) is 25.7 Å². The number of rotatable bonds is 5. The lowest BCUT2D eigenvalue weighted by atomic mass is 10.1. The van der Waals surface area contributed by atoms with Crippen molar-refractivity contribution in [3.8, 4) is 0 Å². The second-order valence-corrected chi connectivity index (χ2v) is 7.63. The largest absolute Gasteiger partial charge is 0.349 e. The third kappa shape index (κ3) is 3.94. The number of amides is 1. The lowest BCUT2D eigenvalue weighted by Gasteiger charge is -2.12. The maximum atomic E-state index is 12.3. The zero-order chi connectivity index (χ0) is 17.0. The number of carbonyl (C=O) groups is 1. The standard InChI is InChI=1S/C18H20N2O3S/c21-18(19-15-6-4-5-7-15)14-10-12-16(13-11-14)20-24(22,23)17-8-2-1-3-9-17/h1-3,8-13,15,20H,4-7H2,(H,19,21). The summed E-state index contributed by atoms with van der Waals surface area (Å²) in [7, 11) is -3.62. The summed E-state index contributed by atoms with van der Waals surface area (Å²) in [5.74, 6) is -0.112. The van der Waals surface area contributed by atoms with E-state index < -0.39 is 10.0 Å². The first kappa shape index (κ1) is 16.5. The van der Waals surface area contributed by atoms with Gasteiger partial charge in [-0.25, -0.2) is 8.42 Å². The molecule has 0 aromatic heterocycles. The fourth-order valence-electron chi connectivity index (χ4n) is 2.84. The van der Waals surface area contributed by atoms with Crippen LogP contribution in [-0.4, -0.2) is 20.4 Å². The van der Waals surface area contributed by atoms with E-state index in [2.05, 4.69) is 10.0 Å². The molecule has 3 rings (SSSR count). The average molecular weight is 344 g/mol. The van der Waals surface area contributed by atoms with E-state index in [1.165, 1.54) is 12.1 Å². The highest BCUT2D eigenvalue weighted by Crippen LogP contribution is 2.19. The van der Waals surface area contributed by atoms with Gasteiger partial charge in [0.1, 0.15) is 0 Å². The Morgan fingerprint density at radius 3 is 2.17 bits per heavy atom. The molecule has 2 aromatic rings. The Morgan fingerprint density at radius 1 is 0.917 bits per heavy atom. The molecule has 0 heterocycles. The first-order valence-electron chi connectivity index (χ1n) is 8.03. The summed E-state index contributed by atoms with van der Waals surface area (Å²) in [6.07, 6.45) is 4.37. The van der Waals surface area contributed by atoms with Crippen molar-refractivity contribution in [3.05, 3.63) is 60.2 Å². The molecule has 0 bridgehead atoms. The van der Waals surface area contributed by atoms with Crippen molar-refractivity contribution in [3.63, 3.8) is 0 Å². The van der Waals surface area contributed by atoms with E-state index in [1.807, 2.05) is 0 Å². The molecule has 1 aliphatic rings. The molecule has 0 radical (unpaired) electrons. The number of anilines is 1. The Balaban J connectivity index is 1.67. The minimum atomic E-state index is -3.62. The van der Waals surface area contributed by atoms with Crippen LogP contribution >= 0.6 is 0 Å². The highest BCUT2D eigenvalue weighted by atomic mass is 32.2. The molecule has 0 unspecified atom stereocenters. The third-order valence-electron chi connectivity index (χ3n) is 4.14. The van der Waals surface area contributed by atoms with Gasteiger partial charge in [0.25, 0.3) is 15.9 Å². The molecule has 1 saturated carbocycles. The van der Waals surface area contributed by atoms with Crippen LogP contribution in [0.2, 0.25) is 0 Å². The second-order valence-electron chi connectivity index (χ2n) is 5.95. The highest BCUT2D eigenvalue weighted by Gasteiger charge is 2.18. The monoisotopic (exact) mass is 344 g/mol. The molecule has 5 nitrogen and oxygen atoms in total. The minimum absolute atomic E-state index is 0.112. The van der Waals surface area contributed by atoms with Gasteiger partial charge in [-0.2, -0.15) is 0 Å². The smallest absolute Gasteiger partial charge is 0.261 e. The highest BCUT2D eigenvalue weighted by molar-refractivity contribution is 7.92. The van der Waals surface area contributed by atoms with Crippen LogP contribution in [0.5, 0.6) is 0 Å². The fraction of sp³-hybridized carbons (Fsp3) is 0.278. The van der Waals surface area contributed by atoms with Crippen molar-refractivity contribution in [2.45, 2.75) is 36.6 Å². The number of hydrogen-bond donors (Lipinski definition) is 2. The van der Waals surface area contributed by atoms with Crippen LogP contribution < -0.4 is 10.0 Å². The van der Waals surface area contributed by atoms with Crippen LogP contribution in [0, 0.1) is 0 Å². The van der Waals surface area contributed by atoms with Gasteiger partial charge in [0.05, 0.1) is 4.90 Å². The summed E-state index contributed by atoms with van der Waals surface area (Å²) in [5.41, 5.74) is 0.959. The van der Waals surface area contributed by atoms with Crippen molar-refractivity contribution in [1.29, 1.82) is 0 Å². The maximum absolute atomic E-state index is 12.3. The number of nitrogens with one attached hydrogen (secondary N) is 2. The SMILES string of the molecule is O=C(NC1CCCC1)c1ccc(NS(=O)(=O)c2ccccc2)cc1. The molecular formula is C18H20N2O3S. The van der Waals surface area contributed by atoms with E-state index in [9.17, 15) is 13.2 Å². The van der Waals surface area contributed by atoms with Crippen molar-refractivity contribution in [2.24, 2.45) is 0 Å². The first-order chi connectivity index (χ1) is 11.5. The maximum Gasteiger partial charge on any atom is 0.261 e. The van der Waals surface area contributed by atoms with Gasteiger partial charge in [-0.3, -0.25) is 9.52 Å². The Morgan fingerprint density at radius 2 is 1.54 bits per heavy atom. The van der Waals surface area contributed by atoms with E-state index in [4.69, 9.17) is 0 Å². The molecule has 0 saturated heterocycles. The van der Waals surface area contributed by atoms with Crippen LogP contribution in [0.1, 0.15) is 36.0 Å². The van der Waals surface area contributed by atoms with Gasteiger partial charge in [0, 0.05) is 17.3 Å². The van der Waals surface area contributed by atoms with E-state index in [-0.39, 0.29) is 16.8 Å². The molecule has 126 valence electrons. The molecule has 2 aromatic carbocycles. The number of hydrogen-bond acceptors (Lipinski definition) is 3. The first-order valence-corrected chi connectivity index (χ1v) is 9.52. The van der Waals surface area contributed by atoms with Gasteiger partial charge >= 0.3 is 0 Å². The molecule has 24 heavy (non-hydrogen) atoms. The Hall–Kier alpha value is -2.34. The van der Waals surface area contributed by atoms with Crippen molar-refractivity contribution in [2.75, 3.05) is 4.72 Å².